The molecule has 4 N–H and O–H groups in total. The SMILES string of the molecule is CCCCCCCCCCCC(=O)OC(CO)C(OC(=O)CCCCCCCCCCC)n1c(=O)c(C)cn([C@H]2CC[C@@H](COP(=O)(O)OP(=O)(O)O)O2)c1=O. The molecule has 0 aliphatic carbocycles. The quantitative estimate of drug-likeness (QED) is 0.0334. The molecule has 19 heteroatoms. The summed E-state index contributed by atoms with van der Waals surface area (Å²) in [6, 6.07) is 0. The molecule has 0 amide bonds. The highest BCUT2D eigenvalue weighted by Gasteiger charge is 2.37. The molecule has 1 aromatic heterocycles. The van der Waals surface area contributed by atoms with Gasteiger partial charge in [-0.3, -0.25) is 23.5 Å². The second-order valence-corrected chi connectivity index (χ2v) is 17.4. The average molecular weight is 841 g/mol. The summed E-state index contributed by atoms with van der Waals surface area (Å²) in [5, 5.41) is 10.4. The largest absolute Gasteiger partial charge is 0.481 e. The number of aromatic nitrogens is 2. The Labute approximate surface area is 330 Å². The number of aryl methyl sites for hydroxylation is 1. The van der Waals surface area contributed by atoms with Crippen LogP contribution in [0.15, 0.2) is 15.8 Å². The van der Waals surface area contributed by atoms with Gasteiger partial charge in [0.15, 0.2) is 6.10 Å². The molecule has 324 valence electrons. The Balaban J connectivity index is 2.21. The van der Waals surface area contributed by atoms with Gasteiger partial charge in [0.2, 0.25) is 6.23 Å². The fourth-order valence-corrected chi connectivity index (χ4v) is 8.18. The minimum absolute atomic E-state index is 0.0255. The van der Waals surface area contributed by atoms with E-state index in [1.54, 1.807) is 0 Å². The molecule has 0 radical (unpaired) electrons. The van der Waals surface area contributed by atoms with Gasteiger partial charge in [-0.15, -0.1) is 0 Å². The van der Waals surface area contributed by atoms with Crippen LogP contribution in [0.3, 0.4) is 0 Å². The lowest BCUT2D eigenvalue weighted by atomic mass is 10.1. The first-order chi connectivity index (χ1) is 26.6. The van der Waals surface area contributed by atoms with Gasteiger partial charge in [-0.1, -0.05) is 117 Å². The molecule has 0 spiro atoms. The predicted octanol–water partition coefficient (Wildman–Crippen LogP) is 7.01. The first-order valence-electron chi connectivity index (χ1n) is 20.4. The Hall–Kier alpha value is -2.20. The zero-order valence-corrected chi connectivity index (χ0v) is 35.2. The van der Waals surface area contributed by atoms with E-state index in [1.165, 1.54) is 64.5 Å². The Bertz CT molecular complexity index is 1530. The van der Waals surface area contributed by atoms with E-state index in [0.29, 0.717) is 17.4 Å². The van der Waals surface area contributed by atoms with Gasteiger partial charge in [0.1, 0.15) is 6.23 Å². The summed E-state index contributed by atoms with van der Waals surface area (Å²) in [6.45, 7) is 4.25. The van der Waals surface area contributed by atoms with E-state index in [4.69, 9.17) is 24.0 Å². The summed E-state index contributed by atoms with van der Waals surface area (Å²) in [7, 11) is -10.5. The number of aliphatic hydroxyl groups excluding tert-OH is 1. The number of phosphoric acid groups is 2. The van der Waals surface area contributed by atoms with Crippen molar-refractivity contribution in [2.24, 2.45) is 0 Å². The molecule has 1 saturated heterocycles. The molecule has 3 unspecified atom stereocenters. The number of unbranched alkanes of at least 4 members (excludes halogenated alkanes) is 16. The zero-order valence-electron chi connectivity index (χ0n) is 33.4. The van der Waals surface area contributed by atoms with Crippen LogP contribution in [0.5, 0.6) is 0 Å². The molecular formula is C37H66N2O15P2. The molecule has 0 saturated carbocycles. The van der Waals surface area contributed by atoms with Crippen molar-refractivity contribution in [3.8, 4) is 0 Å². The predicted molar refractivity (Wildman–Crippen MR) is 208 cm³/mol. The first kappa shape index (κ1) is 49.9. The fourth-order valence-electron chi connectivity index (χ4n) is 6.56. The Morgan fingerprint density at radius 1 is 0.786 bits per heavy atom. The number of phosphoric ester groups is 1. The van der Waals surface area contributed by atoms with Gasteiger partial charge in [0.25, 0.3) is 5.56 Å². The second-order valence-electron chi connectivity index (χ2n) is 14.6. The summed E-state index contributed by atoms with van der Waals surface area (Å²) >= 11 is 0. The van der Waals surface area contributed by atoms with Crippen molar-refractivity contribution in [2.75, 3.05) is 13.2 Å². The van der Waals surface area contributed by atoms with E-state index < -0.39 is 76.7 Å². The van der Waals surface area contributed by atoms with Crippen LogP contribution in [0.1, 0.15) is 173 Å². The van der Waals surface area contributed by atoms with Crippen molar-refractivity contribution in [3.05, 3.63) is 32.6 Å². The van der Waals surface area contributed by atoms with E-state index in [1.807, 2.05) is 0 Å². The summed E-state index contributed by atoms with van der Waals surface area (Å²) in [4.78, 5) is 81.2. The van der Waals surface area contributed by atoms with E-state index in [-0.39, 0.29) is 31.2 Å². The monoisotopic (exact) mass is 840 g/mol. The number of hydrogen-bond donors (Lipinski definition) is 4. The second kappa shape index (κ2) is 26.7. The third-order valence-corrected chi connectivity index (χ3v) is 11.8. The van der Waals surface area contributed by atoms with Gasteiger partial charge in [-0.05, 0) is 32.6 Å². The maximum atomic E-state index is 14.0. The third kappa shape index (κ3) is 19.5. The van der Waals surface area contributed by atoms with Crippen molar-refractivity contribution >= 4 is 27.6 Å². The van der Waals surface area contributed by atoms with Crippen LogP contribution < -0.4 is 11.2 Å². The van der Waals surface area contributed by atoms with Gasteiger partial charge in [0.05, 0.1) is 19.3 Å². The van der Waals surface area contributed by atoms with Crippen LogP contribution in [0, 0.1) is 6.92 Å². The van der Waals surface area contributed by atoms with Gasteiger partial charge in [-0.2, -0.15) is 4.31 Å². The van der Waals surface area contributed by atoms with Crippen molar-refractivity contribution in [3.63, 3.8) is 0 Å². The van der Waals surface area contributed by atoms with Crippen LogP contribution in [-0.4, -0.2) is 66.3 Å². The smallest absolute Gasteiger partial charge is 0.454 e. The standard InChI is InChI=1S/C37H66N2O15P2/c1-4-6-8-10-12-14-16-18-20-22-33(41)52-31(27-40)36(53-34(42)23-21-19-17-15-13-11-9-7-5-2)39-35(43)29(3)26-38(37(39)44)32-25-24-30(51-32)28-50-56(48,49)54-55(45,46)47/h26,30-32,36,40H,4-25,27-28H2,1-3H3,(H,48,49)(H2,45,46,47)/t30-,31?,32+,36?/m0/s1. The molecule has 56 heavy (non-hydrogen) atoms. The topological polar surface area (TPSA) is 239 Å². The highest BCUT2D eigenvalue weighted by Crippen LogP contribution is 2.57. The number of rotatable bonds is 31. The number of ether oxygens (including phenoxy) is 3. The molecule has 2 rings (SSSR count). The molecular weight excluding hydrogens is 774 g/mol. The van der Waals surface area contributed by atoms with Crippen LogP contribution in [0.4, 0.5) is 0 Å². The summed E-state index contributed by atoms with van der Waals surface area (Å²) in [6.07, 6.45) is 14.5. The number of esters is 2. The first-order valence-corrected chi connectivity index (χ1v) is 23.4. The number of carbonyl (C=O) groups is 2. The number of carbonyl (C=O) groups excluding carboxylic acids is 2. The molecule has 1 aliphatic rings. The van der Waals surface area contributed by atoms with Crippen LogP contribution in [0.2, 0.25) is 0 Å². The minimum Gasteiger partial charge on any atom is -0.454 e. The Kier molecular flexibility index (Phi) is 23.8. The normalized spacial score (nSPS) is 18.1. The minimum atomic E-state index is -5.34. The van der Waals surface area contributed by atoms with Crippen molar-refractivity contribution < 1.29 is 61.6 Å². The van der Waals surface area contributed by atoms with Crippen LogP contribution in [-0.2, 0) is 41.8 Å². The van der Waals surface area contributed by atoms with E-state index in [2.05, 4.69) is 22.7 Å². The summed E-state index contributed by atoms with van der Waals surface area (Å²) < 4.78 is 50.2. The highest BCUT2D eigenvalue weighted by atomic mass is 31.3. The van der Waals surface area contributed by atoms with E-state index >= 15 is 0 Å². The van der Waals surface area contributed by atoms with Gasteiger partial charge in [-0.25, -0.2) is 18.5 Å². The Morgan fingerprint density at radius 2 is 1.27 bits per heavy atom. The number of aliphatic hydroxyl groups is 1. The molecule has 0 bridgehead atoms. The lowest BCUT2D eigenvalue weighted by Gasteiger charge is -2.28. The molecule has 0 aromatic carbocycles. The average Bonchev–Trinajstić information content (AvgIpc) is 3.61. The van der Waals surface area contributed by atoms with Gasteiger partial charge in [0, 0.05) is 24.6 Å². The van der Waals surface area contributed by atoms with Gasteiger partial charge < -0.3 is 34.0 Å². The molecule has 1 fully saturated rings. The third-order valence-electron chi connectivity index (χ3n) is 9.60. The van der Waals surface area contributed by atoms with Gasteiger partial charge >= 0.3 is 33.3 Å². The van der Waals surface area contributed by atoms with E-state index in [0.717, 1.165) is 55.9 Å². The van der Waals surface area contributed by atoms with Crippen LogP contribution in [0.25, 0.3) is 0 Å². The molecule has 1 aromatic rings. The maximum absolute atomic E-state index is 14.0. The summed E-state index contributed by atoms with van der Waals surface area (Å²) in [5.74, 6) is -1.43. The number of nitrogens with zero attached hydrogens (tertiary/aromatic N) is 2. The van der Waals surface area contributed by atoms with Crippen molar-refractivity contribution in [1.29, 1.82) is 0 Å². The molecule has 1 aliphatic heterocycles. The molecule has 2 heterocycles. The fraction of sp³-hybridized carbons (Fsp3) is 0.838. The Morgan fingerprint density at radius 3 is 1.75 bits per heavy atom. The highest BCUT2D eigenvalue weighted by molar-refractivity contribution is 7.60. The zero-order chi connectivity index (χ0) is 41.6. The van der Waals surface area contributed by atoms with Crippen LogP contribution >= 0.6 is 15.6 Å². The van der Waals surface area contributed by atoms with Crippen molar-refractivity contribution in [1.82, 2.24) is 9.13 Å². The summed E-state index contributed by atoms with van der Waals surface area (Å²) in [5.41, 5.74) is -1.83. The van der Waals surface area contributed by atoms with Crippen molar-refractivity contribution in [2.45, 2.75) is 187 Å². The number of hydrogen-bond acceptors (Lipinski definition) is 12. The lowest BCUT2D eigenvalue weighted by molar-refractivity contribution is -0.181. The molecule has 17 nitrogen and oxygen atoms in total. The maximum Gasteiger partial charge on any atom is 0.481 e. The lowest BCUT2D eigenvalue weighted by Crippen LogP contribution is -2.49. The van der Waals surface area contributed by atoms with E-state index in [9.17, 15) is 38.3 Å². The molecule has 5 atom stereocenters.